The molecule has 4 nitrogen and oxygen atoms in total. The van der Waals surface area contributed by atoms with Crippen molar-refractivity contribution in [2.24, 2.45) is 0 Å². The molecule has 0 aromatic carbocycles. The van der Waals surface area contributed by atoms with Crippen LogP contribution in [0.4, 0.5) is 10.5 Å². The standard InChI is InChI=1S/C14H21N3O/c1-12-7-8-13(11-15-12)16-14(18)17-9-5-3-2-4-6-10-17/h7-8,11H,2-6,9-10H2,1H3,(H,16,18). The van der Waals surface area contributed by atoms with Crippen LogP contribution in [-0.2, 0) is 0 Å². The van der Waals surface area contributed by atoms with E-state index in [2.05, 4.69) is 10.3 Å². The number of pyridine rings is 1. The number of nitrogens with zero attached hydrogens (tertiary/aromatic N) is 2. The van der Waals surface area contributed by atoms with Crippen molar-refractivity contribution in [3.63, 3.8) is 0 Å². The van der Waals surface area contributed by atoms with Crippen LogP contribution in [0.2, 0.25) is 0 Å². The molecule has 98 valence electrons. The van der Waals surface area contributed by atoms with E-state index in [1.165, 1.54) is 19.3 Å². The van der Waals surface area contributed by atoms with E-state index in [0.717, 1.165) is 37.3 Å². The molecule has 4 heteroatoms. The summed E-state index contributed by atoms with van der Waals surface area (Å²) in [6.07, 6.45) is 7.69. The molecule has 1 fully saturated rings. The summed E-state index contributed by atoms with van der Waals surface area (Å²) in [5.41, 5.74) is 1.73. The van der Waals surface area contributed by atoms with Crippen LogP contribution in [0.1, 0.15) is 37.8 Å². The van der Waals surface area contributed by atoms with E-state index in [0.29, 0.717) is 0 Å². The number of aryl methyl sites for hydroxylation is 1. The van der Waals surface area contributed by atoms with Crippen molar-refractivity contribution in [1.29, 1.82) is 0 Å². The second-order valence-electron chi connectivity index (χ2n) is 4.87. The number of aromatic nitrogens is 1. The molecule has 2 heterocycles. The number of rotatable bonds is 1. The van der Waals surface area contributed by atoms with E-state index >= 15 is 0 Å². The summed E-state index contributed by atoms with van der Waals surface area (Å²) < 4.78 is 0. The zero-order chi connectivity index (χ0) is 12.8. The van der Waals surface area contributed by atoms with Gasteiger partial charge in [0.2, 0.25) is 0 Å². The molecule has 1 aliphatic rings. The maximum atomic E-state index is 12.1. The minimum atomic E-state index is 0.00236. The predicted octanol–water partition coefficient (Wildman–Crippen LogP) is 3.19. The molecule has 1 aliphatic heterocycles. The van der Waals surface area contributed by atoms with Crippen LogP contribution in [0.5, 0.6) is 0 Å². The van der Waals surface area contributed by atoms with Crippen molar-refractivity contribution in [3.05, 3.63) is 24.0 Å². The number of nitrogens with one attached hydrogen (secondary N) is 1. The topological polar surface area (TPSA) is 45.2 Å². The molecule has 2 amide bonds. The van der Waals surface area contributed by atoms with Crippen LogP contribution < -0.4 is 5.32 Å². The van der Waals surface area contributed by atoms with E-state index in [1.54, 1.807) is 6.20 Å². The van der Waals surface area contributed by atoms with E-state index in [-0.39, 0.29) is 6.03 Å². The summed E-state index contributed by atoms with van der Waals surface area (Å²) >= 11 is 0. The minimum Gasteiger partial charge on any atom is -0.325 e. The monoisotopic (exact) mass is 247 g/mol. The Hall–Kier alpha value is -1.58. The highest BCUT2D eigenvalue weighted by Crippen LogP contribution is 2.12. The third-order valence-electron chi connectivity index (χ3n) is 3.31. The van der Waals surface area contributed by atoms with Crippen molar-refractivity contribution in [2.45, 2.75) is 39.0 Å². The zero-order valence-corrected chi connectivity index (χ0v) is 11.0. The lowest BCUT2D eigenvalue weighted by Crippen LogP contribution is -2.37. The molecule has 1 N–H and O–H groups in total. The molecular weight excluding hydrogens is 226 g/mol. The van der Waals surface area contributed by atoms with Crippen molar-refractivity contribution < 1.29 is 4.79 Å². The lowest BCUT2D eigenvalue weighted by Gasteiger charge is -2.24. The first-order valence-corrected chi connectivity index (χ1v) is 6.74. The molecule has 0 spiro atoms. The molecule has 0 aliphatic carbocycles. The van der Waals surface area contributed by atoms with Gasteiger partial charge >= 0.3 is 6.03 Å². The summed E-state index contributed by atoms with van der Waals surface area (Å²) in [7, 11) is 0. The number of carbonyl (C=O) groups excluding carboxylic acids is 1. The second-order valence-corrected chi connectivity index (χ2v) is 4.87. The molecule has 2 rings (SSSR count). The van der Waals surface area contributed by atoms with Crippen LogP contribution in [0.25, 0.3) is 0 Å². The van der Waals surface area contributed by atoms with Gasteiger partial charge in [0.05, 0.1) is 11.9 Å². The minimum absolute atomic E-state index is 0.00236. The van der Waals surface area contributed by atoms with Gasteiger partial charge in [-0.2, -0.15) is 0 Å². The molecule has 18 heavy (non-hydrogen) atoms. The highest BCUT2D eigenvalue weighted by molar-refractivity contribution is 5.89. The van der Waals surface area contributed by atoms with E-state index in [9.17, 15) is 4.79 Å². The molecule has 0 bridgehead atoms. The number of hydrogen-bond acceptors (Lipinski definition) is 2. The molecule has 1 aromatic rings. The summed E-state index contributed by atoms with van der Waals surface area (Å²) in [5.74, 6) is 0. The van der Waals surface area contributed by atoms with Crippen molar-refractivity contribution >= 4 is 11.7 Å². The first-order chi connectivity index (χ1) is 8.75. The zero-order valence-electron chi connectivity index (χ0n) is 11.0. The van der Waals surface area contributed by atoms with Crippen LogP contribution in [0.15, 0.2) is 18.3 Å². The third kappa shape index (κ3) is 3.72. The van der Waals surface area contributed by atoms with Crippen molar-refractivity contribution in [1.82, 2.24) is 9.88 Å². The van der Waals surface area contributed by atoms with Gasteiger partial charge in [0.25, 0.3) is 0 Å². The fourth-order valence-electron chi connectivity index (χ4n) is 2.19. The average molecular weight is 247 g/mol. The van der Waals surface area contributed by atoms with E-state index in [1.807, 2.05) is 24.0 Å². The van der Waals surface area contributed by atoms with Gasteiger partial charge in [-0.1, -0.05) is 19.3 Å². The van der Waals surface area contributed by atoms with Gasteiger partial charge in [0.1, 0.15) is 0 Å². The first kappa shape index (κ1) is 12.9. The molecule has 0 saturated carbocycles. The Morgan fingerprint density at radius 2 is 1.83 bits per heavy atom. The Labute approximate surface area is 108 Å². The van der Waals surface area contributed by atoms with Gasteiger partial charge in [0.15, 0.2) is 0 Å². The number of carbonyl (C=O) groups is 1. The maximum Gasteiger partial charge on any atom is 0.321 e. The number of urea groups is 1. The second kappa shape index (κ2) is 6.38. The summed E-state index contributed by atoms with van der Waals surface area (Å²) in [5, 5.41) is 2.91. The highest BCUT2D eigenvalue weighted by atomic mass is 16.2. The molecule has 1 aromatic heterocycles. The summed E-state index contributed by atoms with van der Waals surface area (Å²) in [6, 6.07) is 3.80. The normalized spacial score (nSPS) is 16.8. The third-order valence-corrected chi connectivity index (χ3v) is 3.31. The van der Waals surface area contributed by atoms with E-state index in [4.69, 9.17) is 0 Å². The van der Waals surface area contributed by atoms with Crippen molar-refractivity contribution in [3.8, 4) is 0 Å². The highest BCUT2D eigenvalue weighted by Gasteiger charge is 2.14. The Bertz CT molecular complexity index is 381. The SMILES string of the molecule is Cc1ccc(NC(=O)N2CCCCCCC2)cn1. The molecular formula is C14H21N3O. The molecule has 0 unspecified atom stereocenters. The van der Waals surface area contributed by atoms with Gasteiger partial charge in [-0.3, -0.25) is 4.98 Å². The quantitative estimate of drug-likeness (QED) is 0.828. The lowest BCUT2D eigenvalue weighted by atomic mass is 10.1. The van der Waals surface area contributed by atoms with E-state index < -0.39 is 0 Å². The summed E-state index contributed by atoms with van der Waals surface area (Å²) in [6.45, 7) is 3.67. The summed E-state index contributed by atoms with van der Waals surface area (Å²) in [4.78, 5) is 18.2. The maximum absolute atomic E-state index is 12.1. The predicted molar refractivity (Wildman–Crippen MR) is 72.7 cm³/mol. The smallest absolute Gasteiger partial charge is 0.321 e. The number of hydrogen-bond donors (Lipinski definition) is 1. The Morgan fingerprint density at radius 3 is 2.44 bits per heavy atom. The Kier molecular flexibility index (Phi) is 4.56. The van der Waals surface area contributed by atoms with Gasteiger partial charge in [-0.15, -0.1) is 0 Å². The van der Waals surface area contributed by atoms with Crippen molar-refractivity contribution in [2.75, 3.05) is 18.4 Å². The number of amides is 2. The molecule has 0 radical (unpaired) electrons. The molecule has 1 saturated heterocycles. The Morgan fingerprint density at radius 1 is 1.17 bits per heavy atom. The fourth-order valence-corrected chi connectivity index (χ4v) is 2.19. The van der Waals surface area contributed by atoms with Crippen LogP contribution in [0.3, 0.4) is 0 Å². The lowest BCUT2D eigenvalue weighted by molar-refractivity contribution is 0.206. The van der Waals surface area contributed by atoms with Crippen LogP contribution >= 0.6 is 0 Å². The van der Waals surface area contributed by atoms with Gasteiger partial charge in [0, 0.05) is 18.8 Å². The largest absolute Gasteiger partial charge is 0.325 e. The van der Waals surface area contributed by atoms with Gasteiger partial charge in [-0.25, -0.2) is 4.79 Å². The van der Waals surface area contributed by atoms with Crippen LogP contribution in [0, 0.1) is 6.92 Å². The van der Waals surface area contributed by atoms with Gasteiger partial charge in [-0.05, 0) is 31.9 Å². The van der Waals surface area contributed by atoms with Gasteiger partial charge < -0.3 is 10.2 Å². The average Bonchev–Trinajstić information content (AvgIpc) is 2.31. The number of likely N-dealkylation sites (tertiary alicyclic amines) is 1. The Balaban J connectivity index is 1.91. The molecule has 0 atom stereocenters. The first-order valence-electron chi connectivity index (χ1n) is 6.74. The van der Waals surface area contributed by atoms with Crippen LogP contribution in [-0.4, -0.2) is 29.0 Å². The fraction of sp³-hybridized carbons (Fsp3) is 0.571. The number of anilines is 1.